The van der Waals surface area contributed by atoms with Crippen LogP contribution in [0.3, 0.4) is 0 Å². The Labute approximate surface area is 183 Å². The molecule has 1 aliphatic carbocycles. The van der Waals surface area contributed by atoms with Gasteiger partial charge in [-0.15, -0.1) is 12.4 Å². The number of piperidine rings is 1. The minimum atomic E-state index is -0.344. The molecule has 0 spiro atoms. The molecule has 1 aromatic carbocycles. The Balaban J connectivity index is 0.00000218. The third-order valence-electron chi connectivity index (χ3n) is 6.62. The van der Waals surface area contributed by atoms with Crippen LogP contribution in [0.2, 0.25) is 0 Å². The second-order valence-corrected chi connectivity index (χ2v) is 8.68. The van der Waals surface area contributed by atoms with Crippen molar-refractivity contribution >= 4 is 24.2 Å². The molecule has 1 atom stereocenters. The van der Waals surface area contributed by atoms with Gasteiger partial charge in [-0.1, -0.05) is 0 Å². The SMILES string of the molecule is Cl.O=C(C1CCCN1C(=O)c1ccc2c(c1)OCO2)N1CCC(NCC2CC2)CC1. The van der Waals surface area contributed by atoms with Crippen molar-refractivity contribution < 1.29 is 19.1 Å². The van der Waals surface area contributed by atoms with Gasteiger partial charge in [-0.2, -0.15) is 0 Å². The number of hydrogen-bond acceptors (Lipinski definition) is 5. The van der Waals surface area contributed by atoms with E-state index in [9.17, 15) is 9.59 Å². The van der Waals surface area contributed by atoms with Crippen LogP contribution in [0.5, 0.6) is 11.5 Å². The molecule has 3 fully saturated rings. The average molecular weight is 436 g/mol. The van der Waals surface area contributed by atoms with Crippen LogP contribution in [0.4, 0.5) is 0 Å². The number of halogens is 1. The first-order valence-corrected chi connectivity index (χ1v) is 10.9. The lowest BCUT2D eigenvalue weighted by atomic mass is 10.0. The van der Waals surface area contributed by atoms with Crippen LogP contribution in [-0.4, -0.2) is 66.7 Å². The van der Waals surface area contributed by atoms with Gasteiger partial charge in [-0.25, -0.2) is 0 Å². The molecule has 5 rings (SSSR count). The molecule has 1 aromatic rings. The summed E-state index contributed by atoms with van der Waals surface area (Å²) >= 11 is 0. The van der Waals surface area contributed by atoms with Crippen LogP contribution in [0, 0.1) is 5.92 Å². The van der Waals surface area contributed by atoms with Gasteiger partial charge in [0.05, 0.1) is 0 Å². The minimum Gasteiger partial charge on any atom is -0.454 e. The maximum absolute atomic E-state index is 13.2. The molecule has 7 nitrogen and oxygen atoms in total. The van der Waals surface area contributed by atoms with Crippen LogP contribution in [0.25, 0.3) is 0 Å². The second kappa shape index (κ2) is 9.02. The summed E-state index contributed by atoms with van der Waals surface area (Å²) in [4.78, 5) is 30.0. The third kappa shape index (κ3) is 4.37. The normalized spacial score (nSPS) is 23.4. The zero-order valence-corrected chi connectivity index (χ0v) is 18.0. The minimum absolute atomic E-state index is 0. The summed E-state index contributed by atoms with van der Waals surface area (Å²) < 4.78 is 10.7. The Hall–Kier alpha value is -1.99. The van der Waals surface area contributed by atoms with E-state index in [2.05, 4.69) is 5.32 Å². The highest BCUT2D eigenvalue weighted by Crippen LogP contribution is 2.34. The standard InChI is InChI=1S/C22H29N3O4.ClH/c26-21(16-5-6-19-20(12-16)29-14-28-19)25-9-1-2-18(25)22(27)24-10-7-17(8-11-24)23-13-15-3-4-15;/h5-6,12,15,17-18,23H,1-4,7-11,13-14H2;1H. The number of rotatable bonds is 5. The number of ether oxygens (including phenoxy) is 2. The highest BCUT2D eigenvalue weighted by Gasteiger charge is 2.38. The first kappa shape index (κ1) is 21.2. The number of carbonyl (C=O) groups excluding carboxylic acids is 2. The molecular formula is C22H30ClN3O4. The molecule has 30 heavy (non-hydrogen) atoms. The van der Waals surface area contributed by atoms with Crippen molar-refractivity contribution in [1.82, 2.24) is 15.1 Å². The van der Waals surface area contributed by atoms with Gasteiger partial charge in [-0.3, -0.25) is 9.59 Å². The van der Waals surface area contributed by atoms with E-state index < -0.39 is 0 Å². The quantitative estimate of drug-likeness (QED) is 0.769. The summed E-state index contributed by atoms with van der Waals surface area (Å²) in [5.74, 6) is 2.15. The lowest BCUT2D eigenvalue weighted by Crippen LogP contribution is -2.52. The molecule has 4 aliphatic rings. The molecule has 164 valence electrons. The highest BCUT2D eigenvalue weighted by atomic mass is 35.5. The van der Waals surface area contributed by atoms with E-state index in [1.54, 1.807) is 23.1 Å². The number of amides is 2. The van der Waals surface area contributed by atoms with Gasteiger partial charge in [0.25, 0.3) is 5.91 Å². The fourth-order valence-electron chi connectivity index (χ4n) is 4.63. The molecule has 8 heteroatoms. The highest BCUT2D eigenvalue weighted by molar-refractivity contribution is 5.98. The number of likely N-dealkylation sites (tertiary alicyclic amines) is 2. The van der Waals surface area contributed by atoms with Gasteiger partial charge in [0, 0.05) is 31.2 Å². The smallest absolute Gasteiger partial charge is 0.254 e. The largest absolute Gasteiger partial charge is 0.454 e. The number of nitrogens with one attached hydrogen (secondary N) is 1. The van der Waals surface area contributed by atoms with Crippen LogP contribution in [0.1, 0.15) is 48.9 Å². The summed E-state index contributed by atoms with van der Waals surface area (Å²) in [7, 11) is 0. The van der Waals surface area contributed by atoms with Crippen LogP contribution in [0.15, 0.2) is 18.2 Å². The maximum Gasteiger partial charge on any atom is 0.254 e. The fraction of sp³-hybridized carbons (Fsp3) is 0.636. The van der Waals surface area contributed by atoms with E-state index in [0.717, 1.165) is 51.2 Å². The van der Waals surface area contributed by atoms with Crippen molar-refractivity contribution in [2.75, 3.05) is 33.0 Å². The predicted octanol–water partition coefficient (Wildman–Crippen LogP) is 2.43. The summed E-state index contributed by atoms with van der Waals surface area (Å²) in [6.45, 7) is 3.50. The molecule has 1 N–H and O–H groups in total. The zero-order chi connectivity index (χ0) is 19.8. The summed E-state index contributed by atoms with van der Waals surface area (Å²) in [5.41, 5.74) is 0.553. The van der Waals surface area contributed by atoms with Crippen molar-refractivity contribution in [1.29, 1.82) is 0 Å². The number of hydrogen-bond donors (Lipinski definition) is 1. The van der Waals surface area contributed by atoms with Crippen LogP contribution in [-0.2, 0) is 4.79 Å². The lowest BCUT2D eigenvalue weighted by molar-refractivity contribution is -0.136. The topological polar surface area (TPSA) is 71.1 Å². The predicted molar refractivity (Wildman–Crippen MR) is 114 cm³/mol. The van der Waals surface area contributed by atoms with Crippen molar-refractivity contribution in [3.8, 4) is 11.5 Å². The monoisotopic (exact) mass is 435 g/mol. The average Bonchev–Trinajstić information content (AvgIpc) is 3.25. The Bertz CT molecular complexity index is 793. The van der Waals surface area contributed by atoms with E-state index in [1.807, 2.05) is 4.90 Å². The van der Waals surface area contributed by atoms with Gasteiger partial charge in [0.2, 0.25) is 12.7 Å². The molecular weight excluding hydrogens is 406 g/mol. The Morgan fingerprint density at radius 3 is 2.53 bits per heavy atom. The van der Waals surface area contributed by atoms with Gasteiger partial charge in [0.15, 0.2) is 11.5 Å². The Morgan fingerprint density at radius 2 is 1.77 bits per heavy atom. The summed E-state index contributed by atoms with van der Waals surface area (Å²) in [6, 6.07) is 5.43. The molecule has 0 radical (unpaired) electrons. The van der Waals surface area contributed by atoms with Crippen molar-refractivity contribution in [3.05, 3.63) is 23.8 Å². The molecule has 3 aliphatic heterocycles. The zero-order valence-electron chi connectivity index (χ0n) is 17.2. The first-order chi connectivity index (χ1) is 14.2. The lowest BCUT2D eigenvalue weighted by Gasteiger charge is -2.36. The van der Waals surface area contributed by atoms with Gasteiger partial charge in [0.1, 0.15) is 6.04 Å². The first-order valence-electron chi connectivity index (χ1n) is 10.9. The molecule has 0 bridgehead atoms. The van der Waals surface area contributed by atoms with Crippen LogP contribution >= 0.6 is 12.4 Å². The van der Waals surface area contributed by atoms with E-state index in [-0.39, 0.29) is 37.1 Å². The van der Waals surface area contributed by atoms with E-state index >= 15 is 0 Å². The molecule has 1 saturated carbocycles. The molecule has 0 aromatic heterocycles. The molecule has 3 heterocycles. The number of nitrogens with zero attached hydrogens (tertiary/aromatic N) is 2. The third-order valence-corrected chi connectivity index (χ3v) is 6.62. The number of carbonyl (C=O) groups is 2. The molecule has 2 amide bonds. The fourth-order valence-corrected chi connectivity index (χ4v) is 4.63. The summed E-state index contributed by atoms with van der Waals surface area (Å²) in [5, 5.41) is 3.66. The van der Waals surface area contributed by atoms with Gasteiger partial charge < -0.3 is 24.6 Å². The molecule has 1 unspecified atom stereocenters. The second-order valence-electron chi connectivity index (χ2n) is 8.68. The van der Waals surface area contributed by atoms with Crippen molar-refractivity contribution in [3.63, 3.8) is 0 Å². The Kier molecular flexibility index (Phi) is 6.39. The Morgan fingerprint density at radius 1 is 1.00 bits per heavy atom. The summed E-state index contributed by atoms with van der Waals surface area (Å²) in [6.07, 6.45) is 6.34. The van der Waals surface area contributed by atoms with Gasteiger partial charge in [-0.05, 0) is 69.2 Å². The van der Waals surface area contributed by atoms with E-state index in [0.29, 0.717) is 29.6 Å². The maximum atomic E-state index is 13.2. The van der Waals surface area contributed by atoms with Crippen molar-refractivity contribution in [2.24, 2.45) is 5.92 Å². The van der Waals surface area contributed by atoms with E-state index in [4.69, 9.17) is 9.47 Å². The number of fused-ring (bicyclic) bond motifs is 1. The molecule has 2 saturated heterocycles. The number of benzene rings is 1. The van der Waals surface area contributed by atoms with E-state index in [1.165, 1.54) is 12.8 Å². The van der Waals surface area contributed by atoms with Gasteiger partial charge >= 0.3 is 0 Å². The van der Waals surface area contributed by atoms with Crippen molar-refractivity contribution in [2.45, 2.75) is 50.6 Å². The van der Waals surface area contributed by atoms with Crippen LogP contribution < -0.4 is 14.8 Å².